The lowest BCUT2D eigenvalue weighted by atomic mass is 9.97. The molecule has 0 bridgehead atoms. The van der Waals surface area contributed by atoms with Gasteiger partial charge in [0.25, 0.3) is 0 Å². The van der Waals surface area contributed by atoms with Gasteiger partial charge in [-0.05, 0) is 42.4 Å². The molecule has 5 nitrogen and oxygen atoms in total. The number of benzene rings is 1. The summed E-state index contributed by atoms with van der Waals surface area (Å²) in [5.74, 6) is -0.291. The number of hydrogen-bond donors (Lipinski definition) is 1. The molecule has 6 heteroatoms. The van der Waals surface area contributed by atoms with Gasteiger partial charge in [-0.2, -0.15) is 0 Å². The summed E-state index contributed by atoms with van der Waals surface area (Å²) in [5.41, 5.74) is 2.59. The van der Waals surface area contributed by atoms with Crippen molar-refractivity contribution in [3.8, 4) is 0 Å². The average molecular weight is 338 g/mol. The molecule has 0 aliphatic heterocycles. The molecule has 1 N–H and O–H groups in total. The number of nitrogens with zero attached hydrogens (tertiary/aromatic N) is 2. The third kappa shape index (κ3) is 2.73. The lowest BCUT2D eigenvalue weighted by Crippen LogP contribution is -2.22. The summed E-state index contributed by atoms with van der Waals surface area (Å²) in [6.07, 6.45) is 6.31. The number of carbonyl (C=O) groups excluding carboxylic acids is 1. The number of fused-ring (bicyclic) bond motifs is 3. The third-order valence-electron chi connectivity index (χ3n) is 4.40. The standard InChI is InChI=1S/C18H17N3O2S/c22-18(23)12-7-5-11(6-8-12)9-19-16-15-13-3-1-2-4-14(13)24-17(15)21-10-20-16/h5-8,10H,1-4,9H2,(H,22,23)(H,19,20,21)/p-1. The zero-order chi connectivity index (χ0) is 16.5. The molecule has 0 radical (unpaired) electrons. The van der Waals surface area contributed by atoms with Gasteiger partial charge in [0.15, 0.2) is 0 Å². The molecule has 24 heavy (non-hydrogen) atoms. The Bertz CT molecular complexity index is 903. The van der Waals surface area contributed by atoms with Crippen LogP contribution in [0.15, 0.2) is 30.6 Å². The fourth-order valence-corrected chi connectivity index (χ4v) is 4.40. The van der Waals surface area contributed by atoms with E-state index in [0.717, 1.165) is 34.4 Å². The molecule has 2 heterocycles. The first kappa shape index (κ1) is 15.1. The lowest BCUT2D eigenvalue weighted by molar-refractivity contribution is -0.255. The van der Waals surface area contributed by atoms with Gasteiger partial charge in [0.1, 0.15) is 17.0 Å². The number of carbonyl (C=O) groups is 1. The number of aryl methyl sites for hydroxylation is 2. The van der Waals surface area contributed by atoms with Crippen molar-refractivity contribution in [2.75, 3.05) is 5.32 Å². The van der Waals surface area contributed by atoms with Gasteiger partial charge < -0.3 is 15.2 Å². The fraction of sp³-hybridized carbons (Fsp3) is 0.278. The number of carboxylic acids is 1. The minimum atomic E-state index is -1.16. The maximum Gasteiger partial charge on any atom is 0.138 e. The Hall–Kier alpha value is -2.47. The summed E-state index contributed by atoms with van der Waals surface area (Å²) in [7, 11) is 0. The number of rotatable bonds is 4. The topological polar surface area (TPSA) is 77.9 Å². The van der Waals surface area contributed by atoms with Crippen LogP contribution in [0.1, 0.15) is 39.2 Å². The van der Waals surface area contributed by atoms with Crippen LogP contribution in [0.3, 0.4) is 0 Å². The predicted molar refractivity (Wildman–Crippen MR) is 92.2 cm³/mol. The molecule has 0 atom stereocenters. The van der Waals surface area contributed by atoms with Crippen molar-refractivity contribution >= 4 is 33.3 Å². The van der Waals surface area contributed by atoms with Crippen molar-refractivity contribution in [1.29, 1.82) is 0 Å². The highest BCUT2D eigenvalue weighted by Crippen LogP contribution is 2.38. The smallest absolute Gasteiger partial charge is 0.138 e. The molecule has 1 aromatic carbocycles. The molecule has 122 valence electrons. The van der Waals surface area contributed by atoms with Crippen molar-refractivity contribution in [2.24, 2.45) is 0 Å². The Kier molecular flexibility index (Phi) is 3.90. The van der Waals surface area contributed by atoms with Gasteiger partial charge in [0.05, 0.1) is 11.4 Å². The Morgan fingerprint density at radius 1 is 1.17 bits per heavy atom. The Morgan fingerprint density at radius 2 is 1.96 bits per heavy atom. The zero-order valence-electron chi connectivity index (χ0n) is 13.0. The van der Waals surface area contributed by atoms with E-state index in [-0.39, 0.29) is 5.56 Å². The van der Waals surface area contributed by atoms with Crippen LogP contribution >= 0.6 is 11.3 Å². The van der Waals surface area contributed by atoms with Gasteiger partial charge in [-0.1, -0.05) is 24.3 Å². The maximum absolute atomic E-state index is 10.8. The van der Waals surface area contributed by atoms with Crippen LogP contribution in [-0.2, 0) is 19.4 Å². The number of anilines is 1. The van der Waals surface area contributed by atoms with Crippen LogP contribution in [0.4, 0.5) is 5.82 Å². The molecule has 0 saturated carbocycles. The van der Waals surface area contributed by atoms with Gasteiger partial charge in [-0.15, -0.1) is 11.3 Å². The van der Waals surface area contributed by atoms with Crippen LogP contribution in [0.5, 0.6) is 0 Å². The zero-order valence-corrected chi connectivity index (χ0v) is 13.9. The largest absolute Gasteiger partial charge is 0.545 e. The van der Waals surface area contributed by atoms with Crippen LogP contribution in [0, 0.1) is 0 Å². The molecule has 1 aliphatic carbocycles. The average Bonchev–Trinajstić information content (AvgIpc) is 2.99. The van der Waals surface area contributed by atoms with E-state index in [1.807, 2.05) is 0 Å². The Labute approximate surface area is 143 Å². The summed E-state index contributed by atoms with van der Waals surface area (Å²) in [4.78, 5) is 22.1. The second-order valence-electron chi connectivity index (χ2n) is 5.95. The highest BCUT2D eigenvalue weighted by atomic mass is 32.1. The fourth-order valence-electron chi connectivity index (χ4n) is 3.17. The molecule has 3 aromatic rings. The molecule has 0 unspecified atom stereocenters. The highest BCUT2D eigenvalue weighted by Gasteiger charge is 2.19. The first-order valence-corrected chi connectivity index (χ1v) is 8.83. The van der Waals surface area contributed by atoms with E-state index in [4.69, 9.17) is 0 Å². The first-order chi connectivity index (χ1) is 11.7. The first-order valence-electron chi connectivity index (χ1n) is 8.02. The SMILES string of the molecule is O=C([O-])c1ccc(CNc2ncnc3sc4c(c23)CCCC4)cc1. The lowest BCUT2D eigenvalue weighted by Gasteiger charge is -2.12. The van der Waals surface area contributed by atoms with E-state index < -0.39 is 5.97 Å². The normalized spacial score (nSPS) is 13.7. The minimum absolute atomic E-state index is 0.190. The molecule has 2 aromatic heterocycles. The quantitative estimate of drug-likeness (QED) is 0.791. The van der Waals surface area contributed by atoms with E-state index in [1.54, 1.807) is 41.9 Å². The van der Waals surface area contributed by atoms with Crippen LogP contribution in [0.2, 0.25) is 0 Å². The van der Waals surface area contributed by atoms with Crippen molar-refractivity contribution in [1.82, 2.24) is 9.97 Å². The van der Waals surface area contributed by atoms with Gasteiger partial charge >= 0.3 is 0 Å². The molecule has 0 saturated heterocycles. The molecule has 4 rings (SSSR count). The monoisotopic (exact) mass is 338 g/mol. The number of carboxylic acid groups (broad SMARTS) is 1. The van der Waals surface area contributed by atoms with Crippen molar-refractivity contribution in [3.05, 3.63) is 52.2 Å². The maximum atomic E-state index is 10.8. The van der Waals surface area contributed by atoms with E-state index in [0.29, 0.717) is 6.54 Å². The van der Waals surface area contributed by atoms with Crippen molar-refractivity contribution in [3.63, 3.8) is 0 Å². The van der Waals surface area contributed by atoms with Gasteiger partial charge in [-0.3, -0.25) is 0 Å². The second-order valence-corrected chi connectivity index (χ2v) is 7.03. The molecular formula is C18H16N3O2S-. The number of aromatic nitrogens is 2. The van der Waals surface area contributed by atoms with E-state index >= 15 is 0 Å². The number of thiophene rings is 1. The summed E-state index contributed by atoms with van der Waals surface area (Å²) < 4.78 is 0. The van der Waals surface area contributed by atoms with Crippen LogP contribution < -0.4 is 10.4 Å². The van der Waals surface area contributed by atoms with Gasteiger partial charge in [0.2, 0.25) is 0 Å². The van der Waals surface area contributed by atoms with E-state index in [1.165, 1.54) is 23.3 Å². The minimum Gasteiger partial charge on any atom is -0.545 e. The summed E-state index contributed by atoms with van der Waals surface area (Å²) in [6, 6.07) is 6.71. The second kappa shape index (κ2) is 6.20. The number of aromatic carboxylic acids is 1. The highest BCUT2D eigenvalue weighted by molar-refractivity contribution is 7.19. The number of hydrogen-bond acceptors (Lipinski definition) is 6. The Morgan fingerprint density at radius 3 is 2.75 bits per heavy atom. The van der Waals surface area contributed by atoms with Gasteiger partial charge in [-0.25, -0.2) is 9.97 Å². The molecular weight excluding hydrogens is 322 g/mol. The summed E-state index contributed by atoms with van der Waals surface area (Å²) >= 11 is 1.78. The Balaban J connectivity index is 1.60. The summed E-state index contributed by atoms with van der Waals surface area (Å²) in [6.45, 7) is 0.587. The predicted octanol–water partition coefficient (Wildman–Crippen LogP) is 2.55. The molecule has 1 aliphatic rings. The molecule has 0 amide bonds. The summed E-state index contributed by atoms with van der Waals surface area (Å²) in [5, 5.41) is 15.3. The van der Waals surface area contributed by atoms with Gasteiger partial charge in [0, 0.05) is 11.4 Å². The van der Waals surface area contributed by atoms with Crippen molar-refractivity contribution in [2.45, 2.75) is 32.2 Å². The molecule has 0 fully saturated rings. The van der Waals surface area contributed by atoms with E-state index in [9.17, 15) is 9.90 Å². The molecule has 0 spiro atoms. The third-order valence-corrected chi connectivity index (χ3v) is 5.60. The van der Waals surface area contributed by atoms with Crippen molar-refractivity contribution < 1.29 is 9.90 Å². The number of nitrogens with one attached hydrogen (secondary N) is 1. The van der Waals surface area contributed by atoms with E-state index in [2.05, 4.69) is 15.3 Å². The van der Waals surface area contributed by atoms with Crippen LogP contribution in [-0.4, -0.2) is 15.9 Å². The van der Waals surface area contributed by atoms with Crippen LogP contribution in [0.25, 0.3) is 10.2 Å².